The third kappa shape index (κ3) is 18.8. The highest BCUT2D eigenvalue weighted by atomic mass is 16.5. The van der Waals surface area contributed by atoms with Crippen LogP contribution in [0.15, 0.2) is 487 Å². The normalized spacial score (nSPS) is 12.4. The van der Waals surface area contributed by atoms with Crippen LogP contribution in [0, 0.1) is 0 Å². The first-order chi connectivity index (χ1) is 72.6. The molecule has 0 spiro atoms. The van der Waals surface area contributed by atoms with Gasteiger partial charge in [-0.1, -0.05) is 400 Å². The van der Waals surface area contributed by atoms with Crippen LogP contribution in [0.3, 0.4) is 0 Å². The van der Waals surface area contributed by atoms with E-state index >= 15 is 0 Å². The Morgan fingerprint density at radius 2 is 0.507 bits per heavy atom. The molecular weight excluding hydrogens is 1800 g/mol. The highest BCUT2D eigenvalue weighted by molar-refractivity contribution is 6.12. The Labute approximate surface area is 866 Å². The summed E-state index contributed by atoms with van der Waals surface area (Å²) < 4.78 is 30.1. The molecule has 0 unspecified atom stereocenters. The highest BCUT2D eigenvalue weighted by Crippen LogP contribution is 2.54. The number of benzene rings is 20. The summed E-state index contributed by atoms with van der Waals surface area (Å²) in [6, 6.07) is 166. The quantitative estimate of drug-likeness (QED) is 0.0447. The number of anilines is 6. The molecule has 0 N–H and O–H groups in total. The second-order valence-electron chi connectivity index (χ2n) is 39.6. The summed E-state index contributed by atoms with van der Waals surface area (Å²) in [4.78, 5) is 4.79. The summed E-state index contributed by atoms with van der Waals surface area (Å²) in [5, 5.41) is 4.78. The monoisotopic (exact) mass is 1910 g/mol. The Kier molecular flexibility index (Phi) is 25.8. The predicted octanol–water partition coefficient (Wildman–Crippen LogP) is 37.0. The van der Waals surface area contributed by atoms with Gasteiger partial charge in [-0.05, 0) is 266 Å². The van der Waals surface area contributed by atoms with E-state index in [4.69, 9.17) is 18.9 Å². The van der Waals surface area contributed by atoms with Crippen LogP contribution in [0.2, 0.25) is 0 Å². The van der Waals surface area contributed by atoms with E-state index in [2.05, 4.69) is 528 Å². The van der Waals surface area contributed by atoms with Gasteiger partial charge in [-0.3, -0.25) is 0 Å². The van der Waals surface area contributed by atoms with Crippen molar-refractivity contribution >= 4 is 102 Å². The molecule has 24 rings (SSSR count). The molecule has 22 aromatic rings. The lowest BCUT2D eigenvalue weighted by Gasteiger charge is -2.28. The van der Waals surface area contributed by atoms with Crippen LogP contribution in [-0.4, -0.2) is 9.13 Å². The van der Waals surface area contributed by atoms with Gasteiger partial charge in [0.1, 0.15) is 24.7 Å². The molecule has 0 fully saturated rings. The third-order valence-corrected chi connectivity index (χ3v) is 29.6. The standard InChI is InChI=1S/C71H58N2O2.C69H54N2O2/c1-5-49-16-20-51(21-17-49)45-74-47-53-24-32-61(33-25-53)73-69-15-11-10-14-65(69)66-43-58(31-41-70(66)73)57-29-36-60(37-30-57)72(59-34-27-56(28-35-59)55-12-8-7-9-13-55)62-38-40-64-63-39-26-54(42-67(63)71(3,4)68(64)44-62)48-75-46-52-22-18-50(6-2)19-23-52;1-5-47-20-24-49(25-21-47)45-72-59-41-58(42-60(44-59)73-46-50-26-22-48(6-2)23-27-50)71-67-19-13-11-17-63(67)64-40-54(32-39-68(64)71)53-30-35-56(36-31-53)70(55-33-28-52(29-34-55)51-14-8-7-9-15-51)57-37-38-62-61-16-10-12-18-65(61)69(3,4)66(62)43-57/h5-44H,1-2,45-48H2,3-4H3;5-44H,1-2,45-46H2,3-4H3. The van der Waals surface area contributed by atoms with Gasteiger partial charge in [0.05, 0.1) is 54.2 Å². The number of rotatable bonds is 30. The number of hydrogen-bond acceptors (Lipinski definition) is 6. The molecule has 0 atom stereocenters. The van der Waals surface area contributed by atoms with E-state index in [0.717, 1.165) is 140 Å². The van der Waals surface area contributed by atoms with Crippen molar-refractivity contribution in [2.24, 2.45) is 0 Å². The number of ether oxygens (including phenoxy) is 4. The van der Waals surface area contributed by atoms with Gasteiger partial charge in [-0.15, -0.1) is 0 Å². The Bertz CT molecular complexity index is 8630. The van der Waals surface area contributed by atoms with E-state index in [1.807, 2.05) is 30.4 Å². The maximum Gasteiger partial charge on any atom is 0.125 e. The van der Waals surface area contributed by atoms with E-state index in [9.17, 15) is 0 Å². The zero-order valence-electron chi connectivity index (χ0n) is 83.7. The van der Waals surface area contributed by atoms with Gasteiger partial charge in [-0.25, -0.2) is 0 Å². The van der Waals surface area contributed by atoms with Crippen molar-refractivity contribution in [3.63, 3.8) is 0 Å². The molecule has 8 heteroatoms. The molecule has 20 aromatic carbocycles. The minimum Gasteiger partial charge on any atom is -0.489 e. The molecular formula is C140H112N4O4. The first-order valence-electron chi connectivity index (χ1n) is 50.9. The zero-order chi connectivity index (χ0) is 100. The molecule has 0 saturated heterocycles. The Morgan fingerprint density at radius 3 is 0.912 bits per heavy atom. The van der Waals surface area contributed by atoms with Gasteiger partial charge < -0.3 is 37.9 Å². The van der Waals surface area contributed by atoms with Gasteiger partial charge in [0.15, 0.2) is 0 Å². The molecule has 2 aliphatic rings. The van der Waals surface area contributed by atoms with E-state index in [1.54, 1.807) is 0 Å². The van der Waals surface area contributed by atoms with Crippen molar-refractivity contribution in [3.05, 3.63) is 565 Å². The van der Waals surface area contributed by atoms with Crippen molar-refractivity contribution in [2.75, 3.05) is 9.80 Å². The summed E-state index contributed by atoms with van der Waals surface area (Å²) in [7, 11) is 0. The number of aromatic nitrogens is 2. The van der Waals surface area contributed by atoms with Gasteiger partial charge in [0, 0.05) is 90.4 Å². The van der Waals surface area contributed by atoms with Gasteiger partial charge >= 0.3 is 0 Å². The maximum absolute atomic E-state index is 6.54. The molecule has 716 valence electrons. The van der Waals surface area contributed by atoms with Crippen molar-refractivity contribution < 1.29 is 18.9 Å². The predicted molar refractivity (Wildman–Crippen MR) is 620 cm³/mol. The summed E-state index contributed by atoms with van der Waals surface area (Å²) in [5.41, 5.74) is 44.0. The van der Waals surface area contributed by atoms with Crippen molar-refractivity contribution in [3.8, 4) is 89.6 Å². The molecule has 2 aromatic heterocycles. The minimum atomic E-state index is -0.219. The van der Waals surface area contributed by atoms with Crippen LogP contribution in [0.5, 0.6) is 11.5 Å². The van der Waals surface area contributed by atoms with E-state index in [1.165, 1.54) is 105 Å². The average Bonchev–Trinajstić information content (AvgIpc) is 1.59. The first kappa shape index (κ1) is 93.7. The fourth-order valence-electron chi connectivity index (χ4n) is 21.6. The lowest BCUT2D eigenvalue weighted by molar-refractivity contribution is 0.107. The van der Waals surface area contributed by atoms with Gasteiger partial charge in [-0.2, -0.15) is 0 Å². The van der Waals surface area contributed by atoms with Crippen molar-refractivity contribution in [1.29, 1.82) is 0 Å². The topological polar surface area (TPSA) is 53.3 Å². The van der Waals surface area contributed by atoms with Gasteiger partial charge in [0.25, 0.3) is 0 Å². The molecule has 2 heterocycles. The molecule has 0 saturated carbocycles. The Balaban J connectivity index is 0.000000163. The van der Waals surface area contributed by atoms with E-state index < -0.39 is 0 Å². The second kappa shape index (κ2) is 40.7. The number of para-hydroxylation sites is 2. The summed E-state index contributed by atoms with van der Waals surface area (Å²) in [5.74, 6) is 1.44. The number of hydrogen-bond donors (Lipinski definition) is 0. The Hall–Kier alpha value is -17.9. The highest BCUT2D eigenvalue weighted by Gasteiger charge is 2.38. The molecule has 0 radical (unpaired) electrons. The minimum absolute atomic E-state index is 0.124. The van der Waals surface area contributed by atoms with Crippen LogP contribution in [0.25, 0.3) is 146 Å². The largest absolute Gasteiger partial charge is 0.489 e. The van der Waals surface area contributed by atoms with Crippen molar-refractivity contribution in [2.45, 2.75) is 78.2 Å². The number of fused-ring (bicyclic) bond motifs is 12. The third-order valence-electron chi connectivity index (χ3n) is 29.6. The lowest BCUT2D eigenvalue weighted by Crippen LogP contribution is -2.17. The molecule has 0 aliphatic heterocycles. The molecule has 148 heavy (non-hydrogen) atoms. The summed E-state index contributed by atoms with van der Waals surface area (Å²) in [6.45, 7) is 28.0. The fraction of sp³-hybridized carbons (Fsp3) is 0.0857. The maximum atomic E-state index is 6.54. The zero-order valence-corrected chi connectivity index (χ0v) is 83.7. The van der Waals surface area contributed by atoms with Crippen LogP contribution < -0.4 is 19.3 Å². The lowest BCUT2D eigenvalue weighted by atomic mass is 9.82. The number of nitrogens with zero attached hydrogens (tertiary/aromatic N) is 4. The Morgan fingerprint density at radius 1 is 0.216 bits per heavy atom. The molecule has 0 amide bonds. The molecule has 8 nitrogen and oxygen atoms in total. The molecule has 2 aliphatic carbocycles. The summed E-state index contributed by atoms with van der Waals surface area (Å²) >= 11 is 0. The van der Waals surface area contributed by atoms with Gasteiger partial charge in [0.2, 0.25) is 0 Å². The SMILES string of the molecule is C=Cc1ccc(COCc2ccc(-n3c4ccccc4c4cc(-c5ccc(N(c6ccc(-c7ccccc7)cc6)c6ccc7c(c6)C(C)(C)c6cc(COCc8ccc(C=C)cc8)ccc6-7)cc5)ccc43)cc2)cc1.C=Cc1ccc(COc2cc(OCc3ccc(C=C)cc3)cc(-n3c4ccccc4c4cc(-c5ccc(N(c6ccc(-c7ccccc7)cc6)c6ccc7c(c6)C(C)(C)c6ccccc6-7)cc5)ccc43)c2)cc1. The van der Waals surface area contributed by atoms with Crippen LogP contribution >= 0.6 is 0 Å². The second-order valence-corrected chi connectivity index (χ2v) is 39.6. The average molecular weight is 1910 g/mol. The van der Waals surface area contributed by atoms with Crippen molar-refractivity contribution in [1.82, 2.24) is 9.13 Å². The van der Waals surface area contributed by atoms with Crippen LogP contribution in [0.4, 0.5) is 34.1 Å². The molecule has 0 bridgehead atoms. The van der Waals surface area contributed by atoms with E-state index in [-0.39, 0.29) is 10.8 Å². The first-order valence-corrected chi connectivity index (χ1v) is 50.9. The summed E-state index contributed by atoms with van der Waals surface area (Å²) in [6.07, 6.45) is 7.43. The smallest absolute Gasteiger partial charge is 0.125 e. The van der Waals surface area contributed by atoms with Crippen LogP contribution in [0.1, 0.15) is 106 Å². The van der Waals surface area contributed by atoms with E-state index in [0.29, 0.717) is 39.6 Å². The van der Waals surface area contributed by atoms with Crippen LogP contribution in [-0.2, 0) is 59.9 Å². The fourth-order valence-corrected chi connectivity index (χ4v) is 21.6.